The third kappa shape index (κ3) is 4.17. The summed E-state index contributed by atoms with van der Waals surface area (Å²) in [5.74, 6) is -1.04. The molecule has 8 heteroatoms. The van der Waals surface area contributed by atoms with Gasteiger partial charge in [-0.3, -0.25) is 0 Å². The first-order valence-corrected chi connectivity index (χ1v) is 13.1. The van der Waals surface area contributed by atoms with Crippen molar-refractivity contribution in [2.75, 3.05) is 0 Å². The summed E-state index contributed by atoms with van der Waals surface area (Å²) >= 11 is 3.21. The Hall–Kier alpha value is -3.36. The zero-order valence-corrected chi connectivity index (χ0v) is 21.8. The number of carbonyl (C=O) groups is 1. The largest absolute Gasteiger partial charge is 0.476 e. The maximum atomic E-state index is 12.6. The van der Waals surface area contributed by atoms with E-state index in [2.05, 4.69) is 56.0 Å². The SMILES string of the molecule is Cc1ccc(-c2nc(-n3nc(C)c(-c4c[nH]c5ccccc45)c3C(=O)O)sc2SC(C)C)cc1C. The number of aromatic carboxylic acids is 1. The van der Waals surface area contributed by atoms with Crippen molar-refractivity contribution in [2.24, 2.45) is 0 Å². The number of aromatic amines is 1. The average Bonchev–Trinajstić information content (AvgIpc) is 3.50. The van der Waals surface area contributed by atoms with Gasteiger partial charge in [-0.2, -0.15) is 9.78 Å². The summed E-state index contributed by atoms with van der Waals surface area (Å²) in [6, 6.07) is 14.2. The third-order valence-electron chi connectivity index (χ3n) is 6.01. The van der Waals surface area contributed by atoms with Crippen LogP contribution in [-0.2, 0) is 0 Å². The number of nitrogens with zero attached hydrogens (tertiary/aromatic N) is 3. The lowest BCUT2D eigenvalue weighted by molar-refractivity contribution is 0.0688. The van der Waals surface area contributed by atoms with Crippen molar-refractivity contribution in [1.82, 2.24) is 19.7 Å². The number of aryl methyl sites for hydroxylation is 3. The van der Waals surface area contributed by atoms with Gasteiger partial charge in [-0.05, 0) is 44.0 Å². The number of thioether (sulfide) groups is 1. The second-order valence-electron chi connectivity index (χ2n) is 8.87. The van der Waals surface area contributed by atoms with Gasteiger partial charge < -0.3 is 10.1 Å². The summed E-state index contributed by atoms with van der Waals surface area (Å²) in [5.41, 5.74) is 7.46. The smallest absolute Gasteiger partial charge is 0.355 e. The van der Waals surface area contributed by atoms with Crippen LogP contribution in [0.15, 0.2) is 52.9 Å². The van der Waals surface area contributed by atoms with Gasteiger partial charge in [-0.25, -0.2) is 9.78 Å². The van der Waals surface area contributed by atoms with E-state index in [9.17, 15) is 9.90 Å². The van der Waals surface area contributed by atoms with Crippen LogP contribution in [0.4, 0.5) is 0 Å². The van der Waals surface area contributed by atoms with Gasteiger partial charge >= 0.3 is 5.97 Å². The van der Waals surface area contributed by atoms with Crippen LogP contribution in [0.5, 0.6) is 0 Å². The number of para-hydroxylation sites is 1. The summed E-state index contributed by atoms with van der Waals surface area (Å²) < 4.78 is 2.55. The Labute approximate surface area is 212 Å². The predicted octanol–water partition coefficient (Wildman–Crippen LogP) is 7.27. The molecule has 0 aliphatic heterocycles. The fourth-order valence-electron chi connectivity index (χ4n) is 4.22. The molecule has 0 radical (unpaired) electrons. The molecule has 0 saturated heterocycles. The van der Waals surface area contributed by atoms with Gasteiger partial charge in [0.15, 0.2) is 5.69 Å². The molecule has 0 saturated carbocycles. The molecule has 0 amide bonds. The number of carboxylic acids is 1. The Kier molecular flexibility index (Phi) is 6.02. The molecule has 178 valence electrons. The summed E-state index contributed by atoms with van der Waals surface area (Å²) in [6.45, 7) is 10.3. The average molecular weight is 503 g/mol. The number of hydrogen-bond donors (Lipinski definition) is 2. The van der Waals surface area contributed by atoms with Crippen molar-refractivity contribution in [3.8, 4) is 27.5 Å². The van der Waals surface area contributed by atoms with Crippen LogP contribution in [0.3, 0.4) is 0 Å². The van der Waals surface area contributed by atoms with Crippen LogP contribution in [-0.4, -0.2) is 36.1 Å². The van der Waals surface area contributed by atoms with E-state index in [-0.39, 0.29) is 5.69 Å². The molecule has 3 aromatic heterocycles. The maximum absolute atomic E-state index is 12.6. The standard InChI is InChI=1S/C27H26N4O2S2/c1-14(2)34-26-23(18-11-10-15(3)16(4)12-18)29-27(35-26)31-24(25(32)33)22(17(5)30-31)20-13-28-21-9-7-6-8-19(20)21/h6-14,28H,1-5H3,(H,32,33). The first-order chi connectivity index (χ1) is 16.7. The molecule has 3 heterocycles. The summed E-state index contributed by atoms with van der Waals surface area (Å²) in [6.07, 6.45) is 1.86. The number of benzene rings is 2. The Bertz CT molecular complexity index is 1580. The van der Waals surface area contributed by atoms with Crippen molar-refractivity contribution in [2.45, 2.75) is 44.1 Å². The predicted molar refractivity (Wildman–Crippen MR) is 144 cm³/mol. The number of H-pyrrole nitrogens is 1. The number of thiazole rings is 1. The highest BCUT2D eigenvalue weighted by molar-refractivity contribution is 8.01. The summed E-state index contributed by atoms with van der Waals surface area (Å²) in [7, 11) is 0. The van der Waals surface area contributed by atoms with Crippen molar-refractivity contribution < 1.29 is 9.90 Å². The van der Waals surface area contributed by atoms with Crippen molar-refractivity contribution >= 4 is 40.0 Å². The highest BCUT2D eigenvalue weighted by Gasteiger charge is 2.28. The van der Waals surface area contributed by atoms with E-state index in [0.29, 0.717) is 21.6 Å². The zero-order valence-electron chi connectivity index (χ0n) is 20.2. The summed E-state index contributed by atoms with van der Waals surface area (Å²) in [5, 5.41) is 16.8. The Morgan fingerprint density at radius 1 is 1.11 bits per heavy atom. The minimum absolute atomic E-state index is 0.119. The molecule has 6 nitrogen and oxygen atoms in total. The zero-order chi connectivity index (χ0) is 24.9. The molecule has 5 aromatic rings. The van der Waals surface area contributed by atoms with E-state index in [1.165, 1.54) is 27.1 Å². The van der Waals surface area contributed by atoms with Crippen LogP contribution in [0.1, 0.15) is 41.2 Å². The van der Waals surface area contributed by atoms with E-state index in [0.717, 1.165) is 31.9 Å². The van der Waals surface area contributed by atoms with E-state index in [1.54, 1.807) is 11.8 Å². The maximum Gasteiger partial charge on any atom is 0.355 e. The van der Waals surface area contributed by atoms with Crippen LogP contribution >= 0.6 is 23.1 Å². The third-order valence-corrected chi connectivity index (χ3v) is 8.25. The number of aromatic nitrogens is 4. The minimum atomic E-state index is -1.04. The first kappa shape index (κ1) is 23.4. The number of nitrogens with one attached hydrogen (secondary N) is 1. The lowest BCUT2D eigenvalue weighted by atomic mass is 10.0. The highest BCUT2D eigenvalue weighted by atomic mass is 32.2. The second-order valence-corrected chi connectivity index (χ2v) is 11.7. The minimum Gasteiger partial charge on any atom is -0.476 e. The molecule has 0 bridgehead atoms. The number of hydrogen-bond acceptors (Lipinski definition) is 5. The van der Waals surface area contributed by atoms with Gasteiger partial charge in [0.25, 0.3) is 0 Å². The van der Waals surface area contributed by atoms with Crippen molar-refractivity contribution in [3.63, 3.8) is 0 Å². The van der Waals surface area contributed by atoms with Crippen LogP contribution < -0.4 is 0 Å². The van der Waals surface area contributed by atoms with Gasteiger partial charge in [-0.1, -0.05) is 55.5 Å². The monoisotopic (exact) mass is 502 g/mol. The van der Waals surface area contributed by atoms with Gasteiger partial charge in [0.1, 0.15) is 0 Å². The van der Waals surface area contributed by atoms with E-state index >= 15 is 0 Å². The van der Waals surface area contributed by atoms with Gasteiger partial charge in [-0.15, -0.1) is 11.8 Å². The molecule has 0 aliphatic rings. The van der Waals surface area contributed by atoms with Crippen molar-refractivity contribution in [3.05, 3.63) is 71.2 Å². The van der Waals surface area contributed by atoms with Gasteiger partial charge in [0.2, 0.25) is 5.13 Å². The van der Waals surface area contributed by atoms with Gasteiger partial charge in [0, 0.05) is 39.0 Å². The molecule has 35 heavy (non-hydrogen) atoms. The topological polar surface area (TPSA) is 83.8 Å². The lowest BCUT2D eigenvalue weighted by Crippen LogP contribution is -2.09. The van der Waals surface area contributed by atoms with Crippen LogP contribution in [0.25, 0.3) is 38.4 Å². The first-order valence-electron chi connectivity index (χ1n) is 11.4. The molecular weight excluding hydrogens is 476 g/mol. The molecule has 2 aromatic carbocycles. The molecule has 2 N–H and O–H groups in total. The molecule has 0 unspecified atom stereocenters. The fourth-order valence-corrected chi connectivity index (χ4v) is 6.69. The molecule has 0 aliphatic carbocycles. The lowest BCUT2D eigenvalue weighted by Gasteiger charge is -2.07. The van der Waals surface area contributed by atoms with Crippen molar-refractivity contribution in [1.29, 1.82) is 0 Å². The van der Waals surface area contributed by atoms with Crippen LogP contribution in [0.2, 0.25) is 0 Å². The van der Waals surface area contributed by atoms with E-state index < -0.39 is 5.97 Å². The molecule has 5 rings (SSSR count). The quantitative estimate of drug-likeness (QED) is 0.239. The molecule has 0 fully saturated rings. The number of carboxylic acid groups (broad SMARTS) is 1. The molecular formula is C27H26N4O2S2. The van der Waals surface area contributed by atoms with E-state index in [1.807, 2.05) is 37.4 Å². The Morgan fingerprint density at radius 2 is 1.89 bits per heavy atom. The van der Waals surface area contributed by atoms with Gasteiger partial charge in [0.05, 0.1) is 15.6 Å². The summed E-state index contributed by atoms with van der Waals surface area (Å²) in [4.78, 5) is 20.8. The Balaban J connectivity index is 1.72. The Morgan fingerprint density at radius 3 is 2.60 bits per heavy atom. The molecule has 0 atom stereocenters. The van der Waals surface area contributed by atoms with E-state index in [4.69, 9.17) is 4.98 Å². The number of fused-ring (bicyclic) bond motifs is 1. The number of rotatable bonds is 6. The normalized spacial score (nSPS) is 11.6. The highest BCUT2D eigenvalue weighted by Crippen LogP contribution is 2.41. The molecule has 0 spiro atoms. The second kappa shape index (κ2) is 9.02. The van der Waals surface area contributed by atoms with Crippen LogP contribution in [0, 0.1) is 20.8 Å². The fraction of sp³-hybridized carbons (Fsp3) is 0.222.